The first-order chi connectivity index (χ1) is 6.45. The van der Waals surface area contributed by atoms with Crippen molar-refractivity contribution >= 4 is 28.5 Å². The predicted molar refractivity (Wildman–Crippen MR) is 50.4 cm³/mol. The molecule has 0 bridgehead atoms. The lowest BCUT2D eigenvalue weighted by atomic mass is 10.1. The third-order valence-corrected chi connectivity index (χ3v) is 2.25. The Morgan fingerprint density at radius 1 is 1.57 bits per heavy atom. The van der Waals surface area contributed by atoms with Crippen molar-refractivity contribution < 1.29 is 18.0 Å². The Bertz CT molecular complexity index is 383. The second kappa shape index (κ2) is 4.11. The molecule has 1 aromatic rings. The third kappa shape index (κ3) is 1.97. The molecule has 14 heavy (non-hydrogen) atoms. The summed E-state index contributed by atoms with van der Waals surface area (Å²) in [6.45, 7) is 0. The van der Waals surface area contributed by atoms with Gasteiger partial charge in [0.1, 0.15) is 3.70 Å². The molecule has 0 atom stereocenters. The Hall–Kier alpha value is -0.860. The SMILES string of the molecule is NC(=O)c1cnc(I)c(F)c1C(F)F. The molecule has 1 aromatic heterocycles. The van der Waals surface area contributed by atoms with Crippen LogP contribution in [0, 0.1) is 9.52 Å². The van der Waals surface area contributed by atoms with Gasteiger partial charge in [0.2, 0.25) is 0 Å². The van der Waals surface area contributed by atoms with Crippen LogP contribution in [0.25, 0.3) is 0 Å². The monoisotopic (exact) mass is 316 g/mol. The quantitative estimate of drug-likeness (QED) is 0.669. The number of primary amides is 1. The number of rotatable bonds is 2. The fourth-order valence-electron chi connectivity index (χ4n) is 0.886. The summed E-state index contributed by atoms with van der Waals surface area (Å²) in [4.78, 5) is 14.1. The molecule has 0 aromatic carbocycles. The summed E-state index contributed by atoms with van der Waals surface area (Å²) in [6, 6.07) is 0. The third-order valence-electron chi connectivity index (χ3n) is 1.50. The number of alkyl halides is 2. The molecule has 0 fully saturated rings. The van der Waals surface area contributed by atoms with Gasteiger partial charge in [-0.3, -0.25) is 4.79 Å². The Kier molecular flexibility index (Phi) is 3.29. The highest BCUT2D eigenvalue weighted by Gasteiger charge is 2.23. The first-order valence-electron chi connectivity index (χ1n) is 3.37. The lowest BCUT2D eigenvalue weighted by Crippen LogP contribution is -2.16. The summed E-state index contributed by atoms with van der Waals surface area (Å²) >= 11 is 1.45. The zero-order chi connectivity index (χ0) is 10.9. The highest BCUT2D eigenvalue weighted by atomic mass is 127. The Morgan fingerprint density at radius 3 is 2.57 bits per heavy atom. The van der Waals surface area contributed by atoms with E-state index in [2.05, 4.69) is 4.98 Å². The lowest BCUT2D eigenvalue weighted by molar-refractivity contribution is 0.0982. The maximum atomic E-state index is 13.1. The average Bonchev–Trinajstić information content (AvgIpc) is 2.08. The molecule has 1 amide bonds. The van der Waals surface area contributed by atoms with E-state index in [1.54, 1.807) is 0 Å². The van der Waals surface area contributed by atoms with Crippen molar-refractivity contribution in [1.82, 2.24) is 4.98 Å². The first kappa shape index (κ1) is 11.2. The molecular formula is C7H4F3IN2O. The van der Waals surface area contributed by atoms with Gasteiger partial charge in [0.25, 0.3) is 12.3 Å². The summed E-state index contributed by atoms with van der Waals surface area (Å²) in [5.41, 5.74) is 3.22. The standard InChI is InChI=1S/C7H4F3IN2O/c8-4-3(5(9)10)2(7(12)14)1-13-6(4)11/h1,5H,(H2,12,14). The largest absolute Gasteiger partial charge is 0.366 e. The molecule has 0 aliphatic heterocycles. The lowest BCUT2D eigenvalue weighted by Gasteiger charge is -2.07. The number of halogens is 4. The van der Waals surface area contributed by atoms with E-state index in [-0.39, 0.29) is 3.70 Å². The molecule has 0 saturated heterocycles. The minimum absolute atomic E-state index is 0.220. The van der Waals surface area contributed by atoms with Gasteiger partial charge in [-0.1, -0.05) is 0 Å². The van der Waals surface area contributed by atoms with Crippen molar-refractivity contribution in [2.24, 2.45) is 5.73 Å². The van der Waals surface area contributed by atoms with Gasteiger partial charge < -0.3 is 5.73 Å². The number of hydrogen-bond donors (Lipinski definition) is 1. The van der Waals surface area contributed by atoms with Crippen molar-refractivity contribution in [2.45, 2.75) is 6.43 Å². The van der Waals surface area contributed by atoms with Crippen LogP contribution in [0.15, 0.2) is 6.20 Å². The summed E-state index contributed by atoms with van der Waals surface area (Å²) in [5, 5.41) is 0. The number of carbonyl (C=O) groups excluding carboxylic acids is 1. The maximum Gasteiger partial charge on any atom is 0.267 e. The minimum atomic E-state index is -3.09. The maximum absolute atomic E-state index is 13.1. The number of nitrogens with two attached hydrogens (primary N) is 1. The minimum Gasteiger partial charge on any atom is -0.366 e. The van der Waals surface area contributed by atoms with Gasteiger partial charge in [-0.2, -0.15) is 0 Å². The number of carbonyl (C=O) groups is 1. The molecule has 2 N–H and O–H groups in total. The molecule has 0 radical (unpaired) electrons. The molecule has 0 aliphatic carbocycles. The molecule has 0 saturated carbocycles. The Balaban J connectivity index is 3.45. The second-order valence-electron chi connectivity index (χ2n) is 2.36. The zero-order valence-electron chi connectivity index (χ0n) is 6.60. The fourth-order valence-corrected chi connectivity index (χ4v) is 1.32. The van der Waals surface area contributed by atoms with Gasteiger partial charge >= 0.3 is 0 Å². The van der Waals surface area contributed by atoms with Crippen LogP contribution in [0.4, 0.5) is 13.2 Å². The van der Waals surface area contributed by atoms with E-state index in [0.29, 0.717) is 0 Å². The number of aromatic nitrogens is 1. The molecule has 7 heteroatoms. The highest BCUT2D eigenvalue weighted by molar-refractivity contribution is 14.1. The Labute approximate surface area is 90.6 Å². The van der Waals surface area contributed by atoms with E-state index >= 15 is 0 Å². The summed E-state index contributed by atoms with van der Waals surface area (Å²) in [7, 11) is 0. The fraction of sp³-hybridized carbons (Fsp3) is 0.143. The van der Waals surface area contributed by atoms with Crippen molar-refractivity contribution in [3.63, 3.8) is 0 Å². The van der Waals surface area contributed by atoms with Crippen LogP contribution in [0.2, 0.25) is 0 Å². The topological polar surface area (TPSA) is 56.0 Å². The van der Waals surface area contributed by atoms with Crippen LogP contribution in [0.3, 0.4) is 0 Å². The van der Waals surface area contributed by atoms with Gasteiger partial charge in [0, 0.05) is 6.20 Å². The van der Waals surface area contributed by atoms with E-state index in [0.717, 1.165) is 6.20 Å². The van der Waals surface area contributed by atoms with E-state index < -0.39 is 29.3 Å². The average molecular weight is 316 g/mol. The van der Waals surface area contributed by atoms with E-state index in [1.807, 2.05) is 0 Å². The van der Waals surface area contributed by atoms with Crippen molar-refractivity contribution in [1.29, 1.82) is 0 Å². The summed E-state index contributed by atoms with van der Waals surface area (Å²) in [5.74, 6) is -2.32. The number of hydrogen-bond acceptors (Lipinski definition) is 2. The number of amides is 1. The van der Waals surface area contributed by atoms with Crippen molar-refractivity contribution in [3.05, 3.63) is 26.8 Å². The first-order valence-corrected chi connectivity index (χ1v) is 4.45. The van der Waals surface area contributed by atoms with E-state index in [4.69, 9.17) is 5.73 Å². The number of pyridine rings is 1. The molecule has 76 valence electrons. The zero-order valence-corrected chi connectivity index (χ0v) is 8.76. The second-order valence-corrected chi connectivity index (χ2v) is 3.38. The van der Waals surface area contributed by atoms with Crippen LogP contribution in [0.1, 0.15) is 22.3 Å². The Morgan fingerprint density at radius 2 is 2.14 bits per heavy atom. The normalized spacial score (nSPS) is 10.6. The van der Waals surface area contributed by atoms with E-state index in [9.17, 15) is 18.0 Å². The van der Waals surface area contributed by atoms with Gasteiger partial charge in [-0.05, 0) is 22.6 Å². The smallest absolute Gasteiger partial charge is 0.267 e. The summed E-state index contributed by atoms with van der Waals surface area (Å²) in [6.07, 6.45) is -2.25. The van der Waals surface area contributed by atoms with Gasteiger partial charge in [-0.25, -0.2) is 18.2 Å². The number of nitrogens with zero attached hydrogens (tertiary/aromatic N) is 1. The molecule has 3 nitrogen and oxygen atoms in total. The van der Waals surface area contributed by atoms with Gasteiger partial charge in [0.15, 0.2) is 5.82 Å². The molecule has 0 aliphatic rings. The van der Waals surface area contributed by atoms with Crippen LogP contribution in [0.5, 0.6) is 0 Å². The predicted octanol–water partition coefficient (Wildman–Crippen LogP) is 1.86. The van der Waals surface area contributed by atoms with Crippen molar-refractivity contribution in [2.75, 3.05) is 0 Å². The summed E-state index contributed by atoms with van der Waals surface area (Å²) < 4.78 is 37.6. The van der Waals surface area contributed by atoms with Crippen LogP contribution in [-0.4, -0.2) is 10.9 Å². The highest BCUT2D eigenvalue weighted by Crippen LogP contribution is 2.27. The van der Waals surface area contributed by atoms with E-state index in [1.165, 1.54) is 22.6 Å². The van der Waals surface area contributed by atoms with Crippen molar-refractivity contribution in [3.8, 4) is 0 Å². The van der Waals surface area contributed by atoms with Gasteiger partial charge in [-0.15, -0.1) is 0 Å². The molecule has 0 spiro atoms. The molecule has 1 rings (SSSR count). The molecule has 0 unspecified atom stereocenters. The molecular weight excluding hydrogens is 312 g/mol. The molecule has 1 heterocycles. The van der Waals surface area contributed by atoms with Crippen LogP contribution in [-0.2, 0) is 0 Å². The van der Waals surface area contributed by atoms with Gasteiger partial charge in [0.05, 0.1) is 11.1 Å². The van der Waals surface area contributed by atoms with Crippen LogP contribution >= 0.6 is 22.6 Å². The van der Waals surface area contributed by atoms with Crippen LogP contribution < -0.4 is 5.73 Å².